The fourth-order valence-corrected chi connectivity index (χ4v) is 2.39. The molecule has 21 heavy (non-hydrogen) atoms. The Morgan fingerprint density at radius 3 is 2.33 bits per heavy atom. The molecular formula is C14H27N3O4. The first-order valence-electron chi connectivity index (χ1n) is 7.59. The van der Waals surface area contributed by atoms with Crippen LogP contribution in [0.4, 0.5) is 4.79 Å². The molecule has 0 saturated carbocycles. The molecular weight excluding hydrogens is 274 g/mol. The van der Waals surface area contributed by atoms with Gasteiger partial charge in [-0.25, -0.2) is 4.79 Å². The Labute approximate surface area is 126 Å². The summed E-state index contributed by atoms with van der Waals surface area (Å²) in [5.74, 6) is -0.781. The van der Waals surface area contributed by atoms with E-state index in [1.165, 1.54) is 0 Å². The van der Waals surface area contributed by atoms with Crippen molar-refractivity contribution >= 4 is 12.0 Å². The van der Waals surface area contributed by atoms with Crippen LogP contribution in [0, 0.1) is 0 Å². The van der Waals surface area contributed by atoms with Gasteiger partial charge in [0.15, 0.2) is 0 Å². The Bertz CT molecular complexity index is 330. The standard InChI is InChI=1S/C14H27N3O4/c1-15(6-3-2-4-12-18)14(21)17-10-8-16(9-11-17)7-5-13(19)20/h18H,2-12H2,1H3,(H,19,20). The lowest BCUT2D eigenvalue weighted by Crippen LogP contribution is -2.52. The van der Waals surface area contributed by atoms with Crippen LogP contribution in [0.1, 0.15) is 25.7 Å². The quantitative estimate of drug-likeness (QED) is 0.630. The molecule has 1 rings (SSSR count). The summed E-state index contributed by atoms with van der Waals surface area (Å²) < 4.78 is 0. The van der Waals surface area contributed by atoms with E-state index >= 15 is 0 Å². The lowest BCUT2D eigenvalue weighted by molar-refractivity contribution is -0.137. The number of carboxylic acid groups (broad SMARTS) is 1. The number of aliphatic hydroxyl groups excluding tert-OH is 1. The van der Waals surface area contributed by atoms with Gasteiger partial charge < -0.3 is 20.0 Å². The number of hydrogen-bond acceptors (Lipinski definition) is 4. The van der Waals surface area contributed by atoms with Crippen molar-refractivity contribution in [2.75, 3.05) is 52.9 Å². The zero-order valence-electron chi connectivity index (χ0n) is 12.8. The molecule has 2 N–H and O–H groups in total. The number of nitrogens with zero attached hydrogens (tertiary/aromatic N) is 3. The molecule has 7 nitrogen and oxygen atoms in total. The maximum absolute atomic E-state index is 12.2. The third kappa shape index (κ3) is 6.77. The van der Waals surface area contributed by atoms with Gasteiger partial charge in [0.05, 0.1) is 6.42 Å². The van der Waals surface area contributed by atoms with Crippen LogP contribution in [0.3, 0.4) is 0 Å². The number of unbranched alkanes of at least 4 members (excludes halogenated alkanes) is 2. The van der Waals surface area contributed by atoms with Crippen LogP contribution in [-0.4, -0.2) is 89.8 Å². The second-order valence-corrected chi connectivity index (χ2v) is 5.46. The maximum atomic E-state index is 12.2. The second kappa shape index (κ2) is 9.57. The molecule has 1 aliphatic rings. The van der Waals surface area contributed by atoms with Gasteiger partial charge in [0.1, 0.15) is 0 Å². The lowest BCUT2D eigenvalue weighted by Gasteiger charge is -2.36. The largest absolute Gasteiger partial charge is 0.481 e. The highest BCUT2D eigenvalue weighted by atomic mass is 16.4. The molecule has 2 amide bonds. The lowest BCUT2D eigenvalue weighted by atomic mass is 10.2. The molecule has 122 valence electrons. The number of piperazine rings is 1. The topological polar surface area (TPSA) is 84.3 Å². The first kappa shape index (κ1) is 17.7. The molecule has 1 saturated heterocycles. The first-order chi connectivity index (χ1) is 10.0. The molecule has 0 unspecified atom stereocenters. The highest BCUT2D eigenvalue weighted by Gasteiger charge is 2.23. The number of hydrogen-bond donors (Lipinski definition) is 2. The van der Waals surface area contributed by atoms with Crippen LogP contribution >= 0.6 is 0 Å². The molecule has 0 spiro atoms. The number of carbonyl (C=O) groups is 2. The van der Waals surface area contributed by atoms with Gasteiger partial charge in [-0.2, -0.15) is 0 Å². The van der Waals surface area contributed by atoms with Gasteiger partial charge in [0.25, 0.3) is 0 Å². The average Bonchev–Trinajstić information content (AvgIpc) is 2.49. The van der Waals surface area contributed by atoms with Crippen molar-refractivity contribution in [3.63, 3.8) is 0 Å². The Morgan fingerprint density at radius 1 is 1.10 bits per heavy atom. The van der Waals surface area contributed by atoms with Gasteiger partial charge in [-0.3, -0.25) is 9.69 Å². The predicted molar refractivity (Wildman–Crippen MR) is 79.2 cm³/mol. The second-order valence-electron chi connectivity index (χ2n) is 5.46. The SMILES string of the molecule is CN(CCCCCO)C(=O)N1CCN(CCC(=O)O)CC1. The number of aliphatic carboxylic acids is 1. The molecule has 7 heteroatoms. The number of aliphatic hydroxyl groups is 1. The van der Waals surface area contributed by atoms with Gasteiger partial charge in [-0.15, -0.1) is 0 Å². The predicted octanol–water partition coefficient (Wildman–Crippen LogP) is 0.293. The summed E-state index contributed by atoms with van der Waals surface area (Å²) in [7, 11) is 1.80. The van der Waals surface area contributed by atoms with Crippen LogP contribution in [0.25, 0.3) is 0 Å². The van der Waals surface area contributed by atoms with Gasteiger partial charge in [0.2, 0.25) is 0 Å². The van der Waals surface area contributed by atoms with Crippen LogP contribution in [0.2, 0.25) is 0 Å². The van der Waals surface area contributed by atoms with Crippen molar-refractivity contribution < 1.29 is 19.8 Å². The smallest absolute Gasteiger partial charge is 0.319 e. The normalized spacial score (nSPS) is 16.0. The molecule has 0 atom stereocenters. The molecule has 0 radical (unpaired) electrons. The van der Waals surface area contributed by atoms with E-state index in [0.717, 1.165) is 32.4 Å². The van der Waals surface area contributed by atoms with Crippen molar-refractivity contribution in [1.29, 1.82) is 0 Å². The van der Waals surface area contributed by atoms with Gasteiger partial charge in [-0.1, -0.05) is 0 Å². The van der Waals surface area contributed by atoms with E-state index in [0.29, 0.717) is 26.2 Å². The highest BCUT2D eigenvalue weighted by Crippen LogP contribution is 2.07. The monoisotopic (exact) mass is 301 g/mol. The summed E-state index contributed by atoms with van der Waals surface area (Å²) in [5, 5.41) is 17.4. The van der Waals surface area contributed by atoms with E-state index in [4.69, 9.17) is 10.2 Å². The zero-order valence-corrected chi connectivity index (χ0v) is 12.8. The van der Waals surface area contributed by atoms with Gasteiger partial charge in [0, 0.05) is 52.9 Å². The highest BCUT2D eigenvalue weighted by molar-refractivity contribution is 5.74. The minimum Gasteiger partial charge on any atom is -0.481 e. The van der Waals surface area contributed by atoms with Crippen LogP contribution < -0.4 is 0 Å². The van der Waals surface area contributed by atoms with Crippen molar-refractivity contribution in [1.82, 2.24) is 14.7 Å². The average molecular weight is 301 g/mol. The van der Waals surface area contributed by atoms with Crippen LogP contribution in [0.5, 0.6) is 0 Å². The van der Waals surface area contributed by atoms with E-state index in [9.17, 15) is 9.59 Å². The summed E-state index contributed by atoms with van der Waals surface area (Å²) in [4.78, 5) is 28.4. The summed E-state index contributed by atoms with van der Waals surface area (Å²) in [6.07, 6.45) is 2.77. The van der Waals surface area contributed by atoms with E-state index in [1.807, 2.05) is 4.90 Å². The van der Waals surface area contributed by atoms with Gasteiger partial charge >= 0.3 is 12.0 Å². The van der Waals surface area contributed by atoms with Crippen molar-refractivity contribution in [3.8, 4) is 0 Å². The molecule has 0 aromatic carbocycles. The van der Waals surface area contributed by atoms with Crippen molar-refractivity contribution in [2.45, 2.75) is 25.7 Å². The van der Waals surface area contributed by atoms with Crippen LogP contribution in [0.15, 0.2) is 0 Å². The molecule has 0 aromatic rings. The number of carboxylic acids is 1. The Balaban J connectivity index is 2.22. The third-order valence-corrected chi connectivity index (χ3v) is 3.76. The minimum atomic E-state index is -0.781. The molecule has 0 aromatic heterocycles. The third-order valence-electron chi connectivity index (χ3n) is 3.76. The van der Waals surface area contributed by atoms with E-state index in [-0.39, 0.29) is 19.1 Å². The Morgan fingerprint density at radius 2 is 1.76 bits per heavy atom. The molecule has 1 aliphatic heterocycles. The van der Waals surface area contributed by atoms with Crippen molar-refractivity contribution in [3.05, 3.63) is 0 Å². The fraction of sp³-hybridized carbons (Fsp3) is 0.857. The fourth-order valence-electron chi connectivity index (χ4n) is 2.39. The molecule has 1 heterocycles. The van der Waals surface area contributed by atoms with Crippen LogP contribution in [-0.2, 0) is 4.79 Å². The maximum Gasteiger partial charge on any atom is 0.319 e. The molecule has 1 fully saturated rings. The minimum absolute atomic E-state index is 0.0388. The summed E-state index contributed by atoms with van der Waals surface area (Å²) in [6, 6.07) is 0.0388. The van der Waals surface area contributed by atoms with E-state index in [2.05, 4.69) is 4.90 Å². The summed E-state index contributed by atoms with van der Waals surface area (Å²) in [6.45, 7) is 4.23. The Kier molecular flexibility index (Phi) is 8.07. The number of urea groups is 1. The summed E-state index contributed by atoms with van der Waals surface area (Å²) in [5.41, 5.74) is 0. The van der Waals surface area contributed by atoms with E-state index in [1.54, 1.807) is 11.9 Å². The molecule has 0 bridgehead atoms. The number of rotatable bonds is 8. The Hall–Kier alpha value is -1.34. The van der Waals surface area contributed by atoms with Crippen molar-refractivity contribution in [2.24, 2.45) is 0 Å². The van der Waals surface area contributed by atoms with Gasteiger partial charge in [-0.05, 0) is 19.3 Å². The first-order valence-corrected chi connectivity index (χ1v) is 7.59. The van der Waals surface area contributed by atoms with E-state index < -0.39 is 5.97 Å². The number of amides is 2. The summed E-state index contributed by atoms with van der Waals surface area (Å²) >= 11 is 0. The zero-order chi connectivity index (χ0) is 15.7. The number of carbonyl (C=O) groups excluding carboxylic acids is 1. The molecule has 0 aliphatic carbocycles.